The number of guanidine groups is 1. The van der Waals surface area contributed by atoms with Crippen LogP contribution in [0.15, 0.2) is 29.3 Å². The molecule has 1 aromatic rings. The molecule has 0 aliphatic carbocycles. The van der Waals surface area contributed by atoms with Crippen molar-refractivity contribution < 1.29 is 34.5 Å². The van der Waals surface area contributed by atoms with Crippen molar-refractivity contribution in [2.24, 2.45) is 22.2 Å². The van der Waals surface area contributed by atoms with Gasteiger partial charge < -0.3 is 48.5 Å². The maximum Gasteiger partial charge on any atom is 0.328 e. The lowest BCUT2D eigenvalue weighted by molar-refractivity contribution is -0.145. The molecule has 0 saturated carbocycles. The molecule has 3 amide bonds. The predicted molar refractivity (Wildman–Crippen MR) is 139 cm³/mol. The number of benzene rings is 1. The number of aliphatic imine (C=N–C) groups is 1. The molecule has 206 valence electrons. The van der Waals surface area contributed by atoms with Crippen LogP contribution in [0.3, 0.4) is 0 Å². The highest BCUT2D eigenvalue weighted by atomic mass is 32.1. The van der Waals surface area contributed by atoms with Gasteiger partial charge in [0.25, 0.3) is 0 Å². The van der Waals surface area contributed by atoms with Crippen LogP contribution in [0.5, 0.6) is 5.75 Å². The zero-order valence-electron chi connectivity index (χ0n) is 20.3. The van der Waals surface area contributed by atoms with Gasteiger partial charge in [0.2, 0.25) is 17.7 Å². The average molecular weight is 542 g/mol. The van der Waals surface area contributed by atoms with Crippen molar-refractivity contribution in [1.82, 2.24) is 16.0 Å². The van der Waals surface area contributed by atoms with E-state index in [1.54, 1.807) is 12.1 Å². The number of phenolic OH excluding ortho intramolecular Hbond substituents is 1. The first-order valence-electron chi connectivity index (χ1n) is 11.4. The summed E-state index contributed by atoms with van der Waals surface area (Å²) >= 11 is 4.05. The molecule has 14 nitrogen and oxygen atoms in total. The summed E-state index contributed by atoms with van der Waals surface area (Å²) in [6, 6.07) is 0.903. The monoisotopic (exact) mass is 541 g/mol. The summed E-state index contributed by atoms with van der Waals surface area (Å²) in [7, 11) is 0. The molecule has 0 heterocycles. The van der Waals surface area contributed by atoms with Crippen LogP contribution in [0, 0.1) is 0 Å². The third-order valence-corrected chi connectivity index (χ3v) is 5.54. The van der Waals surface area contributed by atoms with E-state index in [2.05, 4.69) is 33.6 Å². The quantitative estimate of drug-likeness (QED) is 0.0471. The zero-order chi connectivity index (χ0) is 28.1. The average Bonchev–Trinajstić information content (AvgIpc) is 2.83. The van der Waals surface area contributed by atoms with E-state index in [0.717, 1.165) is 0 Å². The number of hydrogen-bond donors (Lipinski definition) is 10. The molecule has 0 bridgehead atoms. The van der Waals surface area contributed by atoms with E-state index >= 15 is 0 Å². The van der Waals surface area contributed by atoms with Gasteiger partial charge in [-0.25, -0.2) is 4.79 Å². The van der Waals surface area contributed by atoms with Crippen LogP contribution in [-0.4, -0.2) is 87.5 Å². The van der Waals surface area contributed by atoms with E-state index < -0.39 is 54.0 Å². The molecular formula is C22H35N7O7S. The number of amides is 3. The third kappa shape index (κ3) is 11.4. The van der Waals surface area contributed by atoms with Crippen LogP contribution < -0.4 is 33.2 Å². The number of phenols is 1. The summed E-state index contributed by atoms with van der Waals surface area (Å²) < 4.78 is 0. The maximum atomic E-state index is 13.1. The van der Waals surface area contributed by atoms with E-state index in [1.807, 2.05) is 0 Å². The van der Waals surface area contributed by atoms with Crippen LogP contribution in [-0.2, 0) is 25.6 Å². The molecule has 0 saturated heterocycles. The number of carboxylic acids is 1. The van der Waals surface area contributed by atoms with Gasteiger partial charge in [0.15, 0.2) is 12.0 Å². The summed E-state index contributed by atoms with van der Waals surface area (Å²) in [5.41, 5.74) is 17.1. The minimum atomic E-state index is -1.60. The highest BCUT2D eigenvalue weighted by Crippen LogP contribution is 2.12. The fourth-order valence-corrected chi connectivity index (χ4v) is 3.37. The first-order chi connectivity index (χ1) is 17.3. The second-order valence-electron chi connectivity index (χ2n) is 8.30. The summed E-state index contributed by atoms with van der Waals surface area (Å²) in [5, 5.41) is 35.4. The standard InChI is InChI=1S/C22H35N7O7S/c1-11(30)17(21(35)36)29-20(34)16(10-37)28-19(33)15(9-12-4-6-13(31)7-5-12)27-18(32)14(23)3-2-8-26-22(24)25/h4-7,11,14-17,30-31,37H,2-3,8-10,23H2,1H3,(H,27,32)(H,28,33)(H,29,34)(H,35,36)(H4,24,25,26). The molecular weight excluding hydrogens is 506 g/mol. The van der Waals surface area contributed by atoms with Crippen molar-refractivity contribution in [3.8, 4) is 5.75 Å². The molecule has 0 spiro atoms. The SMILES string of the molecule is CC(O)C(NC(=O)C(CS)NC(=O)C(Cc1ccc(O)cc1)NC(=O)C(N)CCCN=C(N)N)C(=O)O. The molecule has 12 N–H and O–H groups in total. The number of carbonyl (C=O) groups is 4. The summed E-state index contributed by atoms with van der Waals surface area (Å²) in [5.74, 6) is -4.01. The number of hydrogen-bond acceptors (Lipinski definition) is 9. The minimum Gasteiger partial charge on any atom is -0.508 e. The first-order valence-corrected chi connectivity index (χ1v) is 12.0. The first kappa shape index (κ1) is 31.5. The maximum absolute atomic E-state index is 13.1. The Morgan fingerprint density at radius 3 is 2.08 bits per heavy atom. The molecule has 0 aliphatic heterocycles. The number of aliphatic carboxylic acids is 1. The van der Waals surface area contributed by atoms with E-state index in [9.17, 15) is 34.5 Å². The Labute approximate surface area is 219 Å². The Bertz CT molecular complexity index is 955. The van der Waals surface area contributed by atoms with Gasteiger partial charge in [-0.1, -0.05) is 12.1 Å². The minimum absolute atomic E-state index is 0.00879. The molecule has 15 heteroatoms. The van der Waals surface area contributed by atoms with Crippen molar-refractivity contribution >= 4 is 42.3 Å². The van der Waals surface area contributed by atoms with Crippen molar-refractivity contribution in [3.05, 3.63) is 29.8 Å². The molecule has 0 aromatic heterocycles. The Morgan fingerprint density at radius 1 is 1.00 bits per heavy atom. The van der Waals surface area contributed by atoms with Gasteiger partial charge in [-0.2, -0.15) is 12.6 Å². The molecule has 0 radical (unpaired) electrons. The van der Waals surface area contributed by atoms with Crippen LogP contribution >= 0.6 is 12.6 Å². The van der Waals surface area contributed by atoms with Gasteiger partial charge in [0.05, 0.1) is 12.1 Å². The lowest BCUT2D eigenvalue weighted by Gasteiger charge is -2.25. The molecule has 5 unspecified atom stereocenters. The topological polar surface area (TPSA) is 255 Å². The van der Waals surface area contributed by atoms with Gasteiger partial charge in [0, 0.05) is 18.7 Å². The Hall–Kier alpha value is -3.56. The van der Waals surface area contributed by atoms with Gasteiger partial charge in [-0.05, 0) is 37.5 Å². The van der Waals surface area contributed by atoms with Crippen LogP contribution in [0.2, 0.25) is 0 Å². The molecule has 1 rings (SSSR count). The number of nitrogens with zero attached hydrogens (tertiary/aromatic N) is 1. The molecule has 0 aliphatic rings. The number of nitrogens with two attached hydrogens (primary N) is 3. The zero-order valence-corrected chi connectivity index (χ0v) is 21.2. The van der Waals surface area contributed by atoms with Crippen LogP contribution in [0.4, 0.5) is 0 Å². The summed E-state index contributed by atoms with van der Waals surface area (Å²) in [4.78, 5) is 53.4. The fourth-order valence-electron chi connectivity index (χ4n) is 3.12. The highest BCUT2D eigenvalue weighted by Gasteiger charge is 2.31. The van der Waals surface area contributed by atoms with Crippen molar-refractivity contribution in [3.63, 3.8) is 0 Å². The number of carboxylic acid groups (broad SMARTS) is 1. The van der Waals surface area contributed by atoms with Gasteiger partial charge in [-0.15, -0.1) is 0 Å². The van der Waals surface area contributed by atoms with E-state index in [0.29, 0.717) is 12.0 Å². The van der Waals surface area contributed by atoms with Gasteiger partial charge >= 0.3 is 5.97 Å². The normalized spacial score (nSPS) is 14.8. The van der Waals surface area contributed by atoms with Crippen LogP contribution in [0.1, 0.15) is 25.3 Å². The van der Waals surface area contributed by atoms with Crippen LogP contribution in [0.25, 0.3) is 0 Å². The van der Waals surface area contributed by atoms with E-state index in [1.165, 1.54) is 19.1 Å². The molecule has 1 aromatic carbocycles. The number of nitrogens with one attached hydrogen (secondary N) is 3. The largest absolute Gasteiger partial charge is 0.508 e. The molecule has 37 heavy (non-hydrogen) atoms. The predicted octanol–water partition coefficient (Wildman–Crippen LogP) is -2.83. The highest BCUT2D eigenvalue weighted by molar-refractivity contribution is 7.80. The Morgan fingerprint density at radius 2 is 1.57 bits per heavy atom. The number of aromatic hydroxyl groups is 1. The number of rotatable bonds is 15. The third-order valence-electron chi connectivity index (χ3n) is 5.18. The lowest BCUT2D eigenvalue weighted by atomic mass is 10.0. The number of thiol groups is 1. The number of aliphatic hydroxyl groups excluding tert-OH is 1. The molecule has 5 atom stereocenters. The second kappa shape index (κ2) is 15.5. The van der Waals surface area contributed by atoms with Gasteiger partial charge in [-0.3, -0.25) is 19.4 Å². The molecule has 0 fully saturated rings. The Balaban J connectivity index is 2.98. The lowest BCUT2D eigenvalue weighted by Crippen LogP contribution is -2.59. The van der Waals surface area contributed by atoms with Crippen molar-refractivity contribution in [2.45, 2.75) is 56.5 Å². The number of carbonyl (C=O) groups excluding carboxylic acids is 3. The Kier molecular flexibility index (Phi) is 13.2. The van der Waals surface area contributed by atoms with Crippen molar-refractivity contribution in [2.75, 3.05) is 12.3 Å². The van der Waals surface area contributed by atoms with E-state index in [-0.39, 0.29) is 36.8 Å². The summed E-state index contributed by atoms with van der Waals surface area (Å²) in [6.45, 7) is 1.46. The van der Waals surface area contributed by atoms with E-state index in [4.69, 9.17) is 17.2 Å². The number of aliphatic hydroxyl groups is 1. The summed E-state index contributed by atoms with van der Waals surface area (Å²) in [6.07, 6.45) is -0.761. The fraction of sp³-hybridized carbons (Fsp3) is 0.500. The van der Waals surface area contributed by atoms with Gasteiger partial charge in [0.1, 0.15) is 17.8 Å². The smallest absolute Gasteiger partial charge is 0.328 e. The second-order valence-corrected chi connectivity index (χ2v) is 8.66. The van der Waals surface area contributed by atoms with Crippen molar-refractivity contribution in [1.29, 1.82) is 0 Å².